The zero-order chi connectivity index (χ0) is 15.6. The van der Waals surface area contributed by atoms with Crippen LogP contribution < -0.4 is 10.6 Å². The second-order valence-electron chi connectivity index (χ2n) is 6.91. The summed E-state index contributed by atoms with van der Waals surface area (Å²) in [6.45, 7) is 10.7. The van der Waals surface area contributed by atoms with E-state index in [-0.39, 0.29) is 12.1 Å². The average Bonchev–Trinajstić information content (AvgIpc) is 3.06. The normalized spacial score (nSPS) is 21.0. The van der Waals surface area contributed by atoms with Crippen LogP contribution in [0.15, 0.2) is 18.2 Å². The molecule has 1 amide bonds. The number of carbonyl (C=O) groups excluding carboxylic acids is 1. The summed E-state index contributed by atoms with van der Waals surface area (Å²) in [6, 6.07) is 7.02. The smallest absolute Gasteiger partial charge is 0.407 e. The predicted octanol–water partition coefficient (Wildman–Crippen LogP) is 3.06. The first kappa shape index (κ1) is 15.8. The lowest BCUT2D eigenvalue weighted by Crippen LogP contribution is -2.36. The van der Waals surface area contributed by atoms with Crippen molar-refractivity contribution in [2.75, 3.05) is 0 Å². The molecule has 0 aromatic heterocycles. The van der Waals surface area contributed by atoms with Crippen molar-refractivity contribution in [3.05, 3.63) is 34.9 Å². The summed E-state index contributed by atoms with van der Waals surface area (Å²) >= 11 is 0. The number of aryl methyl sites for hydroxylation is 2. The highest BCUT2D eigenvalue weighted by molar-refractivity contribution is 5.68. The van der Waals surface area contributed by atoms with Crippen molar-refractivity contribution in [3.8, 4) is 0 Å². The lowest BCUT2D eigenvalue weighted by Gasteiger charge is -2.19. The highest BCUT2D eigenvalue weighted by Gasteiger charge is 2.38. The molecule has 0 saturated heterocycles. The van der Waals surface area contributed by atoms with Crippen molar-refractivity contribution in [1.29, 1.82) is 0 Å². The van der Waals surface area contributed by atoms with Gasteiger partial charge in [0.2, 0.25) is 0 Å². The first-order chi connectivity index (χ1) is 9.74. The predicted molar refractivity (Wildman–Crippen MR) is 84.3 cm³/mol. The number of alkyl carbamates (subject to hydrolysis) is 1. The maximum absolute atomic E-state index is 11.7. The monoisotopic (exact) mass is 290 g/mol. The summed E-state index contributed by atoms with van der Waals surface area (Å²) in [5.41, 5.74) is 3.44. The average molecular weight is 290 g/mol. The third-order valence-corrected chi connectivity index (χ3v) is 3.55. The van der Waals surface area contributed by atoms with Crippen LogP contribution in [0.2, 0.25) is 0 Å². The van der Waals surface area contributed by atoms with E-state index >= 15 is 0 Å². The Kier molecular flexibility index (Phi) is 4.57. The van der Waals surface area contributed by atoms with Gasteiger partial charge in [0, 0.05) is 18.6 Å². The van der Waals surface area contributed by atoms with Crippen molar-refractivity contribution in [3.63, 3.8) is 0 Å². The van der Waals surface area contributed by atoms with Crippen molar-refractivity contribution >= 4 is 6.09 Å². The molecule has 1 aromatic rings. The van der Waals surface area contributed by atoms with Gasteiger partial charge in [-0.1, -0.05) is 23.8 Å². The highest BCUT2D eigenvalue weighted by Crippen LogP contribution is 2.23. The van der Waals surface area contributed by atoms with E-state index in [2.05, 4.69) is 42.7 Å². The molecule has 2 atom stereocenters. The van der Waals surface area contributed by atoms with E-state index in [0.717, 1.165) is 13.0 Å². The maximum atomic E-state index is 11.7. The number of rotatable bonds is 4. The van der Waals surface area contributed by atoms with Crippen LogP contribution in [0, 0.1) is 13.8 Å². The lowest BCUT2D eigenvalue weighted by molar-refractivity contribution is 0.0522. The molecule has 21 heavy (non-hydrogen) atoms. The molecule has 0 radical (unpaired) electrons. The number of hydrogen-bond acceptors (Lipinski definition) is 3. The van der Waals surface area contributed by atoms with Crippen LogP contribution in [0.5, 0.6) is 0 Å². The van der Waals surface area contributed by atoms with E-state index in [1.165, 1.54) is 16.7 Å². The minimum Gasteiger partial charge on any atom is -0.444 e. The molecule has 2 N–H and O–H groups in total. The number of nitrogens with one attached hydrogen (secondary N) is 2. The van der Waals surface area contributed by atoms with Gasteiger partial charge in [-0.3, -0.25) is 0 Å². The first-order valence-electron chi connectivity index (χ1n) is 7.53. The molecule has 4 heteroatoms. The number of carbonyl (C=O) groups is 1. The summed E-state index contributed by atoms with van der Waals surface area (Å²) in [4.78, 5) is 11.7. The maximum Gasteiger partial charge on any atom is 0.407 e. The van der Waals surface area contributed by atoms with Gasteiger partial charge in [-0.05, 0) is 52.2 Å². The Balaban J connectivity index is 1.75. The molecular formula is C17H26N2O2. The fraction of sp³-hybridized carbons (Fsp3) is 0.588. The molecule has 0 heterocycles. The fourth-order valence-electron chi connectivity index (χ4n) is 2.27. The van der Waals surface area contributed by atoms with E-state index in [9.17, 15) is 4.79 Å². The van der Waals surface area contributed by atoms with Crippen LogP contribution in [0.1, 0.15) is 43.9 Å². The van der Waals surface area contributed by atoms with Crippen LogP contribution in [0.4, 0.5) is 4.79 Å². The van der Waals surface area contributed by atoms with Gasteiger partial charge in [0.15, 0.2) is 0 Å². The van der Waals surface area contributed by atoms with Gasteiger partial charge in [-0.2, -0.15) is 0 Å². The third kappa shape index (κ3) is 5.05. The topological polar surface area (TPSA) is 50.4 Å². The molecule has 1 aliphatic rings. The van der Waals surface area contributed by atoms with Gasteiger partial charge in [-0.15, -0.1) is 0 Å². The molecule has 2 unspecified atom stereocenters. The number of benzene rings is 1. The quantitative estimate of drug-likeness (QED) is 0.896. The zero-order valence-corrected chi connectivity index (χ0v) is 13.6. The standard InChI is InChI=1S/C17H26N2O2/c1-11-6-7-12(2)13(8-11)10-18-14-9-15(14)19-16(20)21-17(3,4)5/h6-8,14-15,18H,9-10H2,1-5H3,(H,19,20). The molecule has 1 saturated carbocycles. The van der Waals surface area contributed by atoms with E-state index in [4.69, 9.17) is 4.74 Å². The van der Waals surface area contributed by atoms with Crippen molar-refractivity contribution in [2.45, 2.75) is 65.3 Å². The number of ether oxygens (including phenoxy) is 1. The van der Waals surface area contributed by atoms with Crippen LogP contribution >= 0.6 is 0 Å². The van der Waals surface area contributed by atoms with Crippen molar-refractivity contribution < 1.29 is 9.53 Å². The molecule has 1 fully saturated rings. The zero-order valence-electron chi connectivity index (χ0n) is 13.6. The van der Waals surface area contributed by atoms with Gasteiger partial charge < -0.3 is 15.4 Å². The third-order valence-electron chi connectivity index (χ3n) is 3.55. The second-order valence-corrected chi connectivity index (χ2v) is 6.91. The Morgan fingerprint density at radius 3 is 2.67 bits per heavy atom. The Hall–Kier alpha value is -1.55. The molecule has 2 rings (SSSR count). The largest absolute Gasteiger partial charge is 0.444 e. The summed E-state index contributed by atoms with van der Waals surface area (Å²) in [5.74, 6) is 0. The highest BCUT2D eigenvalue weighted by atomic mass is 16.6. The molecule has 1 aromatic carbocycles. The summed E-state index contributed by atoms with van der Waals surface area (Å²) in [6.07, 6.45) is 0.632. The Bertz CT molecular complexity index is 520. The van der Waals surface area contributed by atoms with Gasteiger partial charge >= 0.3 is 6.09 Å². The molecule has 0 spiro atoms. The number of amides is 1. The summed E-state index contributed by atoms with van der Waals surface area (Å²) in [7, 11) is 0. The van der Waals surface area contributed by atoms with Crippen LogP contribution in [0.3, 0.4) is 0 Å². The molecule has 0 aliphatic heterocycles. The minimum absolute atomic E-state index is 0.185. The van der Waals surface area contributed by atoms with E-state index in [1.807, 2.05) is 20.8 Å². The Morgan fingerprint density at radius 1 is 1.29 bits per heavy atom. The van der Waals surface area contributed by atoms with Gasteiger partial charge in [0.1, 0.15) is 5.60 Å². The second kappa shape index (κ2) is 6.06. The molecular weight excluding hydrogens is 264 g/mol. The molecule has 4 nitrogen and oxygen atoms in total. The van der Waals surface area contributed by atoms with E-state index < -0.39 is 5.60 Å². The van der Waals surface area contributed by atoms with Crippen LogP contribution in [-0.4, -0.2) is 23.8 Å². The van der Waals surface area contributed by atoms with E-state index in [1.54, 1.807) is 0 Å². The summed E-state index contributed by atoms with van der Waals surface area (Å²) in [5, 5.41) is 6.39. The lowest BCUT2D eigenvalue weighted by atomic mass is 10.1. The summed E-state index contributed by atoms with van der Waals surface area (Å²) < 4.78 is 5.26. The first-order valence-corrected chi connectivity index (χ1v) is 7.53. The fourth-order valence-corrected chi connectivity index (χ4v) is 2.27. The Labute approximate surface area is 127 Å². The van der Waals surface area contributed by atoms with Crippen LogP contribution in [-0.2, 0) is 11.3 Å². The SMILES string of the molecule is Cc1ccc(C)c(CNC2CC2NC(=O)OC(C)(C)C)c1. The Morgan fingerprint density at radius 2 is 2.00 bits per heavy atom. The minimum atomic E-state index is -0.444. The molecule has 1 aliphatic carbocycles. The molecule has 116 valence electrons. The van der Waals surface area contributed by atoms with Gasteiger partial charge in [0.25, 0.3) is 0 Å². The van der Waals surface area contributed by atoms with E-state index in [0.29, 0.717) is 6.04 Å². The van der Waals surface area contributed by atoms with Crippen molar-refractivity contribution in [2.24, 2.45) is 0 Å². The van der Waals surface area contributed by atoms with Gasteiger partial charge in [-0.25, -0.2) is 4.79 Å². The van der Waals surface area contributed by atoms with Crippen molar-refractivity contribution in [1.82, 2.24) is 10.6 Å². The number of hydrogen-bond donors (Lipinski definition) is 2. The molecule has 0 bridgehead atoms. The van der Waals surface area contributed by atoms with Gasteiger partial charge in [0.05, 0.1) is 0 Å². The van der Waals surface area contributed by atoms with Crippen LogP contribution in [0.25, 0.3) is 0 Å².